The molecule has 176 valence electrons. The molecule has 3 aromatic rings. The molecule has 3 aromatic carbocycles. The maximum Gasteiger partial charge on any atom is 0.336 e. The Morgan fingerprint density at radius 2 is 1.77 bits per heavy atom. The Bertz CT molecular complexity index is 1430. The van der Waals surface area contributed by atoms with E-state index in [0.29, 0.717) is 39.8 Å². The lowest BCUT2D eigenvalue weighted by Gasteiger charge is -2.29. The van der Waals surface area contributed by atoms with Gasteiger partial charge >= 0.3 is 5.97 Å². The Kier molecular flexibility index (Phi) is 6.42. The molecule has 7 heteroatoms. The number of hydrogen-bond donors (Lipinski definition) is 1. The lowest BCUT2D eigenvalue weighted by Crippen LogP contribution is -2.29. The number of nitrogens with one attached hydrogen (secondary N) is 1. The van der Waals surface area contributed by atoms with Gasteiger partial charge in [-0.05, 0) is 64.9 Å². The van der Waals surface area contributed by atoms with E-state index in [-0.39, 0.29) is 5.78 Å². The van der Waals surface area contributed by atoms with Crippen molar-refractivity contribution >= 4 is 51.6 Å². The number of halogens is 2. The summed E-state index contributed by atoms with van der Waals surface area (Å²) < 4.78 is 12.0. The Labute approximate surface area is 221 Å². The number of allylic oxidation sites excluding steroid dienone is 2. The van der Waals surface area contributed by atoms with Gasteiger partial charge in [-0.15, -0.1) is 0 Å². The lowest BCUT2D eigenvalue weighted by molar-refractivity contribution is -0.136. The Morgan fingerprint density at radius 3 is 2.46 bits per heavy atom. The zero-order valence-corrected chi connectivity index (χ0v) is 21.9. The highest BCUT2D eigenvalue weighted by molar-refractivity contribution is 14.1. The minimum Gasteiger partial charge on any atom is -0.488 e. The van der Waals surface area contributed by atoms with Gasteiger partial charge in [0.25, 0.3) is 0 Å². The van der Waals surface area contributed by atoms with E-state index in [9.17, 15) is 9.59 Å². The predicted octanol–water partition coefficient (Wildman–Crippen LogP) is 6.27. The van der Waals surface area contributed by atoms with Gasteiger partial charge in [0.15, 0.2) is 5.78 Å². The molecule has 0 aromatic heterocycles. The van der Waals surface area contributed by atoms with Crippen molar-refractivity contribution in [2.45, 2.75) is 19.4 Å². The second-order valence-corrected chi connectivity index (χ2v) is 9.96. The van der Waals surface area contributed by atoms with Crippen molar-refractivity contribution < 1.29 is 19.1 Å². The molecule has 1 aliphatic carbocycles. The summed E-state index contributed by atoms with van der Waals surface area (Å²) in [6, 6.07) is 20.8. The number of methoxy groups -OCH3 is 1. The molecule has 2 aliphatic rings. The summed E-state index contributed by atoms with van der Waals surface area (Å²) in [6.07, 6.45) is 0. The molecule has 0 fully saturated rings. The third kappa shape index (κ3) is 4.25. The summed E-state index contributed by atoms with van der Waals surface area (Å²) in [5, 5.41) is 3.98. The van der Waals surface area contributed by atoms with Gasteiger partial charge in [-0.2, -0.15) is 0 Å². The van der Waals surface area contributed by atoms with Gasteiger partial charge in [0.2, 0.25) is 0 Å². The van der Waals surface area contributed by atoms with Crippen molar-refractivity contribution in [1.29, 1.82) is 0 Å². The molecule has 1 heterocycles. The zero-order chi connectivity index (χ0) is 24.7. The summed E-state index contributed by atoms with van der Waals surface area (Å²) in [7, 11) is 1.35. The van der Waals surface area contributed by atoms with Crippen LogP contribution < -0.4 is 10.1 Å². The fourth-order valence-electron chi connectivity index (χ4n) is 4.60. The number of esters is 1. The molecule has 5 rings (SSSR count). The smallest absolute Gasteiger partial charge is 0.336 e. The number of carbonyl (C=O) groups is 2. The van der Waals surface area contributed by atoms with Crippen LogP contribution in [0.1, 0.15) is 39.9 Å². The van der Waals surface area contributed by atoms with E-state index in [0.717, 1.165) is 26.0 Å². The van der Waals surface area contributed by atoms with E-state index in [1.807, 2.05) is 73.7 Å². The first-order valence-corrected chi connectivity index (χ1v) is 12.5. The number of hydrogen-bond acceptors (Lipinski definition) is 5. The highest BCUT2D eigenvalue weighted by Gasteiger charge is 2.42. The standard InChI is InChI=1S/C28H21ClINO4/c1-15-23(28(33)34-2)24(25-26(31-15)19-5-3-4-6-20(19)27(25)32)17-9-12-22(21(30)13-17)35-14-16-7-10-18(29)11-8-16/h3-13,24,31H,14H2,1-2H3/t24-/m0/s1. The molecule has 0 saturated heterocycles. The van der Waals surface area contributed by atoms with Crippen molar-refractivity contribution in [3.05, 3.63) is 114 Å². The largest absolute Gasteiger partial charge is 0.488 e. The van der Waals surface area contributed by atoms with Crippen LogP contribution in [-0.2, 0) is 16.1 Å². The number of Topliss-reactive ketones (excluding diaryl/α,β-unsaturated/α-hetero) is 1. The minimum atomic E-state index is -0.558. The number of ether oxygens (including phenoxy) is 2. The van der Waals surface area contributed by atoms with Crippen LogP contribution in [0.15, 0.2) is 83.6 Å². The van der Waals surface area contributed by atoms with Gasteiger partial charge in [0.1, 0.15) is 12.4 Å². The first-order valence-electron chi connectivity index (χ1n) is 11.0. The molecule has 0 radical (unpaired) electrons. The predicted molar refractivity (Wildman–Crippen MR) is 143 cm³/mol. The summed E-state index contributed by atoms with van der Waals surface area (Å²) >= 11 is 8.19. The van der Waals surface area contributed by atoms with Crippen LogP contribution >= 0.6 is 34.2 Å². The van der Waals surface area contributed by atoms with Gasteiger partial charge in [-0.1, -0.05) is 54.1 Å². The number of carbonyl (C=O) groups excluding carboxylic acids is 2. The molecule has 0 amide bonds. The maximum atomic E-state index is 13.5. The fourth-order valence-corrected chi connectivity index (χ4v) is 5.42. The molecule has 0 spiro atoms. The molecule has 1 N–H and O–H groups in total. The number of ketones is 1. The first-order chi connectivity index (χ1) is 16.9. The van der Waals surface area contributed by atoms with Crippen LogP contribution in [0.2, 0.25) is 5.02 Å². The van der Waals surface area contributed by atoms with Gasteiger partial charge in [-0.3, -0.25) is 4.79 Å². The van der Waals surface area contributed by atoms with Gasteiger partial charge in [0, 0.05) is 33.3 Å². The van der Waals surface area contributed by atoms with E-state index in [2.05, 4.69) is 27.9 Å². The molecule has 5 nitrogen and oxygen atoms in total. The van der Waals surface area contributed by atoms with Crippen LogP contribution in [-0.4, -0.2) is 18.9 Å². The van der Waals surface area contributed by atoms with E-state index in [1.165, 1.54) is 7.11 Å². The van der Waals surface area contributed by atoms with Crippen molar-refractivity contribution in [1.82, 2.24) is 5.32 Å². The summed E-state index contributed by atoms with van der Waals surface area (Å²) in [6.45, 7) is 2.23. The van der Waals surface area contributed by atoms with Crippen LogP contribution in [0.25, 0.3) is 5.70 Å². The van der Waals surface area contributed by atoms with E-state index in [1.54, 1.807) is 0 Å². The van der Waals surface area contributed by atoms with Crippen LogP contribution in [0.4, 0.5) is 0 Å². The molecule has 0 bridgehead atoms. The number of benzene rings is 3. The second kappa shape index (κ2) is 9.51. The topological polar surface area (TPSA) is 64.6 Å². The maximum absolute atomic E-state index is 13.5. The SMILES string of the molecule is COC(=O)C1=C(C)NC2=C(C(=O)c3ccccc32)[C@H]1c1ccc(OCc2ccc(Cl)cc2)c(I)c1. The van der Waals surface area contributed by atoms with Crippen LogP contribution in [0.3, 0.4) is 0 Å². The van der Waals surface area contributed by atoms with Crippen LogP contribution in [0.5, 0.6) is 5.75 Å². The monoisotopic (exact) mass is 597 g/mol. The van der Waals surface area contributed by atoms with Gasteiger partial charge in [-0.25, -0.2) is 4.79 Å². The number of dihydropyridines is 1. The molecule has 1 atom stereocenters. The number of rotatable bonds is 5. The van der Waals surface area contributed by atoms with Gasteiger partial charge in [0.05, 0.1) is 22.0 Å². The summed E-state index contributed by atoms with van der Waals surface area (Å²) in [4.78, 5) is 26.4. The fraction of sp³-hybridized carbons (Fsp3) is 0.143. The van der Waals surface area contributed by atoms with Crippen molar-refractivity contribution in [2.24, 2.45) is 0 Å². The summed E-state index contributed by atoms with van der Waals surface area (Å²) in [5.41, 5.74) is 5.71. The molecule has 35 heavy (non-hydrogen) atoms. The number of fused-ring (bicyclic) bond motifs is 2. The lowest BCUT2D eigenvalue weighted by atomic mass is 9.80. The average Bonchev–Trinajstić information content (AvgIpc) is 3.14. The summed E-state index contributed by atoms with van der Waals surface area (Å²) in [5.74, 6) is -0.389. The third-order valence-corrected chi connectivity index (χ3v) is 7.35. The van der Waals surface area contributed by atoms with Crippen molar-refractivity contribution in [3.63, 3.8) is 0 Å². The van der Waals surface area contributed by atoms with Gasteiger partial charge < -0.3 is 14.8 Å². The molecular formula is C28H21ClINO4. The Morgan fingerprint density at radius 1 is 1.06 bits per heavy atom. The second-order valence-electron chi connectivity index (χ2n) is 8.36. The van der Waals surface area contributed by atoms with Crippen molar-refractivity contribution in [3.8, 4) is 5.75 Å². The van der Waals surface area contributed by atoms with E-state index >= 15 is 0 Å². The Balaban J connectivity index is 1.53. The van der Waals surface area contributed by atoms with E-state index in [4.69, 9.17) is 21.1 Å². The van der Waals surface area contributed by atoms with Crippen LogP contribution in [0, 0.1) is 3.57 Å². The first kappa shape index (κ1) is 23.6. The van der Waals surface area contributed by atoms with E-state index < -0.39 is 11.9 Å². The van der Waals surface area contributed by atoms with Crippen molar-refractivity contribution in [2.75, 3.05) is 7.11 Å². The Hall–Kier alpha value is -3.10. The molecular weight excluding hydrogens is 577 g/mol. The highest BCUT2D eigenvalue weighted by Crippen LogP contribution is 2.47. The highest BCUT2D eigenvalue weighted by atomic mass is 127. The third-order valence-electron chi connectivity index (χ3n) is 6.25. The molecule has 1 aliphatic heterocycles. The molecule has 0 unspecified atom stereocenters. The zero-order valence-electron chi connectivity index (χ0n) is 19.0. The normalized spacial score (nSPS) is 16.6. The minimum absolute atomic E-state index is 0.0833. The molecule has 0 saturated carbocycles. The average molecular weight is 598 g/mol. The quantitative estimate of drug-likeness (QED) is 0.278.